The minimum atomic E-state index is 0.825. The summed E-state index contributed by atoms with van der Waals surface area (Å²) in [5.41, 5.74) is 4.59. The highest BCUT2D eigenvalue weighted by molar-refractivity contribution is 5.41. The van der Waals surface area contributed by atoms with Crippen LogP contribution in [0.4, 0.5) is 11.4 Å². The molecule has 2 rings (SSSR count). The van der Waals surface area contributed by atoms with E-state index < -0.39 is 0 Å². The van der Waals surface area contributed by atoms with Crippen LogP contribution in [-0.2, 0) is 0 Å². The molecule has 0 saturated heterocycles. The van der Waals surface area contributed by atoms with Gasteiger partial charge in [0.25, 0.3) is 0 Å². The van der Waals surface area contributed by atoms with E-state index in [1.165, 1.54) is 4.81 Å². The second-order valence-electron chi connectivity index (χ2n) is 3.26. The fourth-order valence-electron chi connectivity index (χ4n) is 1.26. The van der Waals surface area contributed by atoms with E-state index in [9.17, 15) is 0 Å². The van der Waals surface area contributed by atoms with Crippen molar-refractivity contribution in [1.29, 1.82) is 0 Å². The minimum Gasteiger partial charge on any atom is -0.248 e. The summed E-state index contributed by atoms with van der Waals surface area (Å²) >= 11 is 0. The quantitative estimate of drug-likeness (QED) is 0.356. The Bertz CT molecular complexity index is 465. The molecule has 0 bridgehead atoms. The fraction of sp³-hybridized carbons (Fsp3) is 0. The van der Waals surface area contributed by atoms with Crippen LogP contribution in [0.1, 0.15) is 0 Å². The number of benzene rings is 2. The zero-order valence-corrected chi connectivity index (χ0v) is 8.75. The summed E-state index contributed by atoms with van der Waals surface area (Å²) in [6.07, 6.45) is 0. The van der Waals surface area contributed by atoms with Crippen LogP contribution in [0.15, 0.2) is 65.9 Å². The fourth-order valence-corrected chi connectivity index (χ4v) is 1.26. The zero-order chi connectivity index (χ0) is 11.2. The third-order valence-electron chi connectivity index (χ3n) is 2.08. The zero-order valence-electron chi connectivity index (χ0n) is 8.75. The van der Waals surface area contributed by atoms with Crippen LogP contribution in [0, 0.1) is 0 Å². The second kappa shape index (κ2) is 4.93. The first-order valence-electron chi connectivity index (χ1n) is 4.98. The molecule has 0 aliphatic carbocycles. The highest BCUT2D eigenvalue weighted by atomic mass is 15.6. The van der Waals surface area contributed by atoms with Crippen molar-refractivity contribution in [1.82, 2.24) is 0 Å². The number of nitrogens with one attached hydrogen (secondary N) is 1. The van der Waals surface area contributed by atoms with Crippen LogP contribution < -0.4 is 11.3 Å². The minimum absolute atomic E-state index is 0.825. The molecule has 0 radical (unpaired) electrons. The normalized spacial score (nSPS) is 11.1. The molecule has 0 heterocycles. The predicted octanol–water partition coefficient (Wildman–Crippen LogP) is 2.68. The molecule has 80 valence electrons. The van der Waals surface area contributed by atoms with Gasteiger partial charge >= 0.3 is 0 Å². The van der Waals surface area contributed by atoms with E-state index in [4.69, 9.17) is 5.84 Å². The van der Waals surface area contributed by atoms with Crippen LogP contribution in [0.5, 0.6) is 0 Å². The van der Waals surface area contributed by atoms with Crippen LogP contribution in [0.2, 0.25) is 0 Å². The molecule has 16 heavy (non-hydrogen) atoms. The Labute approximate surface area is 94.0 Å². The van der Waals surface area contributed by atoms with Gasteiger partial charge in [-0.15, -0.1) is 5.43 Å². The highest BCUT2D eigenvalue weighted by Crippen LogP contribution is 2.09. The van der Waals surface area contributed by atoms with Gasteiger partial charge in [0, 0.05) is 0 Å². The second-order valence-corrected chi connectivity index (χ2v) is 3.26. The lowest BCUT2D eigenvalue weighted by molar-refractivity contribution is -0.523. The van der Waals surface area contributed by atoms with Crippen molar-refractivity contribution in [2.75, 3.05) is 5.43 Å². The largest absolute Gasteiger partial charge is 0.248 e. The van der Waals surface area contributed by atoms with Gasteiger partial charge in [-0.25, -0.2) is 5.84 Å². The smallest absolute Gasteiger partial charge is 0.178 e. The maximum Gasteiger partial charge on any atom is 0.178 e. The number of nitrogens with two attached hydrogens (primary N) is 1. The summed E-state index contributed by atoms with van der Waals surface area (Å²) in [7, 11) is 0. The summed E-state index contributed by atoms with van der Waals surface area (Å²) in [5, 5.41) is 4.03. The summed E-state index contributed by atoms with van der Waals surface area (Å²) in [6.45, 7) is 0. The van der Waals surface area contributed by atoms with Gasteiger partial charge in [0.1, 0.15) is 10.9 Å². The van der Waals surface area contributed by atoms with Crippen molar-refractivity contribution >= 4 is 11.4 Å². The van der Waals surface area contributed by atoms with Crippen molar-refractivity contribution in [2.45, 2.75) is 0 Å². The summed E-state index contributed by atoms with van der Waals surface area (Å²) in [4.78, 5) is 1.30. The Morgan fingerprint density at radius 3 is 2.06 bits per heavy atom. The predicted molar refractivity (Wildman–Crippen MR) is 63.0 cm³/mol. The van der Waals surface area contributed by atoms with Crippen molar-refractivity contribution < 1.29 is 4.81 Å². The molecule has 0 amide bonds. The molecule has 3 N–H and O–H groups in total. The number of hydrogen-bond donors (Lipinski definition) is 2. The number of nitrogens with zero attached hydrogens (tertiary/aromatic N) is 2. The Morgan fingerprint density at radius 1 is 0.875 bits per heavy atom. The van der Waals surface area contributed by atoms with Gasteiger partial charge in [0.05, 0.1) is 0 Å². The van der Waals surface area contributed by atoms with Gasteiger partial charge < -0.3 is 0 Å². The first-order valence-corrected chi connectivity index (χ1v) is 4.98. The lowest BCUT2D eigenvalue weighted by Gasteiger charge is -1.96. The van der Waals surface area contributed by atoms with E-state index in [-0.39, 0.29) is 0 Å². The van der Waals surface area contributed by atoms with Gasteiger partial charge in [0.2, 0.25) is 0 Å². The van der Waals surface area contributed by atoms with Crippen LogP contribution in [0.25, 0.3) is 0 Å². The number of anilines is 1. The maximum atomic E-state index is 5.75. The molecule has 0 aromatic heterocycles. The molecule has 4 nitrogen and oxygen atoms in total. The maximum absolute atomic E-state index is 5.75. The van der Waals surface area contributed by atoms with Crippen LogP contribution in [0.3, 0.4) is 0 Å². The van der Waals surface area contributed by atoms with Gasteiger partial charge in [-0.05, 0) is 29.1 Å². The van der Waals surface area contributed by atoms with E-state index in [0.717, 1.165) is 11.4 Å². The topological polar surface area (TPSA) is 53.4 Å². The third-order valence-corrected chi connectivity index (χ3v) is 2.08. The lowest BCUT2D eigenvalue weighted by atomic mass is 10.3. The molecule has 0 aliphatic rings. The van der Waals surface area contributed by atoms with Gasteiger partial charge in [-0.1, -0.05) is 36.4 Å². The Hall–Kier alpha value is -2.36. The molecule has 0 fully saturated rings. The molecule has 0 saturated carbocycles. The summed E-state index contributed by atoms with van der Waals surface area (Å²) in [5.74, 6) is 5.75. The molecule has 4 heteroatoms. The standard InChI is InChI=1S/C12H12N4/c13-16(12-9-5-2-6-10-12)15-14-11-7-3-1-4-8-11/h1-10H,13H2/p+1. The molecule has 0 atom stereocenters. The van der Waals surface area contributed by atoms with E-state index in [0.29, 0.717) is 0 Å². The van der Waals surface area contributed by atoms with Crippen molar-refractivity contribution in [3.63, 3.8) is 0 Å². The number of rotatable bonds is 3. The summed E-state index contributed by atoms with van der Waals surface area (Å²) < 4.78 is 0. The van der Waals surface area contributed by atoms with E-state index >= 15 is 0 Å². The average molecular weight is 213 g/mol. The Morgan fingerprint density at radius 2 is 1.44 bits per heavy atom. The summed E-state index contributed by atoms with van der Waals surface area (Å²) in [6, 6.07) is 19.2. The van der Waals surface area contributed by atoms with Crippen molar-refractivity contribution in [3.8, 4) is 0 Å². The SMILES string of the molecule is N/[N+](=N/Nc1ccccc1)c1ccccc1. The van der Waals surface area contributed by atoms with Gasteiger partial charge in [-0.3, -0.25) is 0 Å². The molecule has 0 spiro atoms. The van der Waals surface area contributed by atoms with E-state index in [1.54, 1.807) is 0 Å². The van der Waals surface area contributed by atoms with E-state index in [1.807, 2.05) is 60.7 Å². The molecule has 0 aliphatic heterocycles. The average Bonchev–Trinajstić information content (AvgIpc) is 2.38. The van der Waals surface area contributed by atoms with Crippen molar-refractivity contribution in [2.24, 2.45) is 11.1 Å². The monoisotopic (exact) mass is 213 g/mol. The van der Waals surface area contributed by atoms with Crippen LogP contribution >= 0.6 is 0 Å². The molecular formula is C12H13N4+. The van der Waals surface area contributed by atoms with E-state index in [2.05, 4.69) is 10.6 Å². The number of hydrazine groups is 1. The highest BCUT2D eigenvalue weighted by Gasteiger charge is 2.00. The molecule has 0 unspecified atom stereocenters. The van der Waals surface area contributed by atoms with Crippen molar-refractivity contribution in [3.05, 3.63) is 60.7 Å². The molecular weight excluding hydrogens is 200 g/mol. The first kappa shape index (κ1) is 10.2. The van der Waals surface area contributed by atoms with Crippen LogP contribution in [-0.4, -0.2) is 4.81 Å². The number of hydrogen-bond acceptors (Lipinski definition) is 1. The lowest BCUT2D eigenvalue weighted by Crippen LogP contribution is -2.13. The molecule has 2 aromatic rings. The molecule has 2 aromatic carbocycles. The Kier molecular flexibility index (Phi) is 3.13. The van der Waals surface area contributed by atoms with Gasteiger partial charge in [0.15, 0.2) is 5.69 Å². The third kappa shape index (κ3) is 2.57. The first-order chi connectivity index (χ1) is 7.86. The Balaban J connectivity index is 2.09. The van der Waals surface area contributed by atoms with Gasteiger partial charge in [-0.2, -0.15) is 0 Å². The number of para-hydroxylation sites is 2.